The molecule has 2 aliphatic heterocycles. The number of piperazine rings is 1. The molecule has 0 aromatic heterocycles. The lowest BCUT2D eigenvalue weighted by molar-refractivity contribution is 0.0554. The van der Waals surface area contributed by atoms with Gasteiger partial charge in [0.25, 0.3) is 0 Å². The van der Waals surface area contributed by atoms with Gasteiger partial charge in [-0.2, -0.15) is 0 Å². The molecule has 106 valence electrons. The van der Waals surface area contributed by atoms with Gasteiger partial charge in [-0.1, -0.05) is 0 Å². The van der Waals surface area contributed by atoms with Crippen molar-refractivity contribution in [2.45, 2.75) is 50.7 Å². The van der Waals surface area contributed by atoms with Crippen LogP contribution < -0.4 is 5.32 Å². The van der Waals surface area contributed by atoms with Gasteiger partial charge < -0.3 is 10.4 Å². The van der Waals surface area contributed by atoms with Gasteiger partial charge in [0.15, 0.2) is 0 Å². The van der Waals surface area contributed by atoms with Crippen LogP contribution in [0.1, 0.15) is 33.1 Å². The van der Waals surface area contributed by atoms with Crippen molar-refractivity contribution in [2.75, 3.05) is 39.8 Å². The molecule has 2 saturated heterocycles. The highest BCUT2D eigenvalue weighted by atomic mass is 16.3. The van der Waals surface area contributed by atoms with Crippen LogP contribution in [0.15, 0.2) is 0 Å². The van der Waals surface area contributed by atoms with Gasteiger partial charge in [-0.05, 0) is 46.7 Å². The van der Waals surface area contributed by atoms with Crippen LogP contribution in [-0.4, -0.2) is 72.4 Å². The highest BCUT2D eigenvalue weighted by Crippen LogP contribution is 2.24. The molecule has 2 fully saturated rings. The summed E-state index contributed by atoms with van der Waals surface area (Å²) in [5.41, 5.74) is -0.147. The van der Waals surface area contributed by atoms with E-state index in [0.717, 1.165) is 12.5 Å². The summed E-state index contributed by atoms with van der Waals surface area (Å²) >= 11 is 0. The molecular formula is C14H29N3O. The van der Waals surface area contributed by atoms with Crippen molar-refractivity contribution in [2.24, 2.45) is 0 Å². The molecule has 4 nitrogen and oxygen atoms in total. The average Bonchev–Trinajstić information content (AvgIpc) is 2.85. The van der Waals surface area contributed by atoms with Crippen molar-refractivity contribution in [3.63, 3.8) is 0 Å². The predicted octanol–water partition coefficient (Wildman–Crippen LogP) is 0.515. The number of aliphatic hydroxyl groups excluding tert-OH is 1. The summed E-state index contributed by atoms with van der Waals surface area (Å²) in [7, 11) is 1.94. The molecule has 0 aromatic rings. The van der Waals surface area contributed by atoms with Gasteiger partial charge in [0.1, 0.15) is 0 Å². The maximum absolute atomic E-state index is 9.49. The maximum Gasteiger partial charge on any atom is 0.0611 e. The fraction of sp³-hybridized carbons (Fsp3) is 1.00. The van der Waals surface area contributed by atoms with Crippen LogP contribution in [0.3, 0.4) is 0 Å². The van der Waals surface area contributed by atoms with Gasteiger partial charge >= 0.3 is 0 Å². The summed E-state index contributed by atoms with van der Waals surface area (Å²) in [5, 5.41) is 12.8. The summed E-state index contributed by atoms with van der Waals surface area (Å²) in [6, 6.07) is 1.33. The van der Waals surface area contributed by atoms with Crippen molar-refractivity contribution in [1.82, 2.24) is 15.1 Å². The summed E-state index contributed by atoms with van der Waals surface area (Å²) in [4.78, 5) is 5.25. The third-order valence-electron chi connectivity index (χ3n) is 4.94. The molecule has 0 amide bonds. The molecular weight excluding hydrogens is 226 g/mol. The first-order chi connectivity index (χ1) is 8.58. The van der Waals surface area contributed by atoms with E-state index in [0.29, 0.717) is 6.04 Å². The number of rotatable bonds is 5. The minimum absolute atomic E-state index is 0.147. The first kappa shape index (κ1) is 14.3. The third-order valence-corrected chi connectivity index (χ3v) is 4.94. The zero-order valence-electron chi connectivity index (χ0n) is 12.2. The topological polar surface area (TPSA) is 38.7 Å². The van der Waals surface area contributed by atoms with E-state index in [1.807, 2.05) is 7.05 Å². The molecule has 0 aliphatic carbocycles. The zero-order valence-corrected chi connectivity index (χ0v) is 12.2. The molecule has 0 radical (unpaired) electrons. The Morgan fingerprint density at radius 3 is 2.83 bits per heavy atom. The Hall–Kier alpha value is -0.160. The van der Waals surface area contributed by atoms with Crippen LogP contribution in [0, 0.1) is 0 Å². The van der Waals surface area contributed by atoms with Crippen LogP contribution in [-0.2, 0) is 0 Å². The largest absolute Gasteiger partial charge is 0.394 e. The van der Waals surface area contributed by atoms with Gasteiger partial charge in [-0.15, -0.1) is 0 Å². The van der Waals surface area contributed by atoms with Crippen LogP contribution in [0.5, 0.6) is 0 Å². The number of aliphatic hydroxyl groups is 1. The minimum Gasteiger partial charge on any atom is -0.394 e. The standard InChI is InChI=1S/C14H29N3O/c1-12(9-14(2,11-18)15-3)17-8-7-16-6-4-5-13(16)10-17/h12-13,15,18H,4-11H2,1-3H3. The first-order valence-corrected chi connectivity index (χ1v) is 7.36. The Balaban J connectivity index is 1.87. The highest BCUT2D eigenvalue weighted by Gasteiger charge is 2.34. The van der Waals surface area contributed by atoms with Gasteiger partial charge in [0.05, 0.1) is 6.61 Å². The van der Waals surface area contributed by atoms with Gasteiger partial charge in [-0.25, -0.2) is 0 Å². The van der Waals surface area contributed by atoms with E-state index in [2.05, 4.69) is 29.0 Å². The van der Waals surface area contributed by atoms with E-state index in [9.17, 15) is 5.11 Å². The molecule has 0 saturated carbocycles. The van der Waals surface area contributed by atoms with Gasteiger partial charge in [-0.3, -0.25) is 9.80 Å². The summed E-state index contributed by atoms with van der Waals surface area (Å²) in [5.74, 6) is 0. The molecule has 3 atom stereocenters. The number of likely N-dealkylation sites (N-methyl/N-ethyl adjacent to an activating group) is 1. The Bertz CT molecular complexity index is 268. The van der Waals surface area contributed by atoms with Gasteiger partial charge in [0.2, 0.25) is 0 Å². The van der Waals surface area contributed by atoms with Crippen LogP contribution in [0.25, 0.3) is 0 Å². The lowest BCUT2D eigenvalue weighted by Gasteiger charge is -2.43. The number of hydrogen-bond acceptors (Lipinski definition) is 4. The Labute approximate surface area is 111 Å². The average molecular weight is 255 g/mol. The lowest BCUT2D eigenvalue weighted by atomic mass is 9.93. The van der Waals surface area contributed by atoms with Crippen molar-refractivity contribution in [1.29, 1.82) is 0 Å². The second kappa shape index (κ2) is 5.87. The quantitative estimate of drug-likeness (QED) is 0.751. The van der Waals surface area contributed by atoms with Crippen LogP contribution in [0.4, 0.5) is 0 Å². The zero-order chi connectivity index (χ0) is 13.2. The van der Waals surface area contributed by atoms with E-state index in [1.54, 1.807) is 0 Å². The molecule has 3 unspecified atom stereocenters. The number of hydrogen-bond donors (Lipinski definition) is 2. The minimum atomic E-state index is -0.147. The van der Waals surface area contributed by atoms with E-state index in [-0.39, 0.29) is 12.1 Å². The van der Waals surface area contributed by atoms with Crippen molar-refractivity contribution >= 4 is 0 Å². The molecule has 2 N–H and O–H groups in total. The van der Waals surface area contributed by atoms with E-state index >= 15 is 0 Å². The number of nitrogens with one attached hydrogen (secondary N) is 1. The van der Waals surface area contributed by atoms with Gasteiger partial charge in [0, 0.05) is 37.3 Å². The molecule has 2 aliphatic rings. The maximum atomic E-state index is 9.49. The number of fused-ring (bicyclic) bond motifs is 1. The predicted molar refractivity (Wildman–Crippen MR) is 74.8 cm³/mol. The second-order valence-corrected chi connectivity index (χ2v) is 6.35. The normalized spacial score (nSPS) is 31.0. The van der Waals surface area contributed by atoms with Crippen molar-refractivity contribution < 1.29 is 5.11 Å². The van der Waals surface area contributed by atoms with E-state index in [1.165, 1.54) is 39.0 Å². The molecule has 18 heavy (non-hydrogen) atoms. The molecule has 4 heteroatoms. The summed E-state index contributed by atoms with van der Waals surface area (Å²) < 4.78 is 0. The fourth-order valence-corrected chi connectivity index (χ4v) is 3.44. The Kier molecular flexibility index (Phi) is 4.64. The monoisotopic (exact) mass is 255 g/mol. The van der Waals surface area contributed by atoms with E-state index in [4.69, 9.17) is 0 Å². The van der Waals surface area contributed by atoms with Crippen LogP contribution >= 0.6 is 0 Å². The summed E-state index contributed by atoms with van der Waals surface area (Å²) in [6.45, 7) is 9.54. The Morgan fingerprint density at radius 2 is 2.17 bits per heavy atom. The SMILES string of the molecule is CNC(C)(CO)CC(C)N1CCN2CCCC2C1. The van der Waals surface area contributed by atoms with Crippen molar-refractivity contribution in [3.05, 3.63) is 0 Å². The summed E-state index contributed by atoms with van der Waals surface area (Å²) in [6.07, 6.45) is 3.75. The number of nitrogens with zero attached hydrogens (tertiary/aromatic N) is 2. The third kappa shape index (κ3) is 3.05. The smallest absolute Gasteiger partial charge is 0.0611 e. The van der Waals surface area contributed by atoms with Crippen LogP contribution in [0.2, 0.25) is 0 Å². The highest BCUT2D eigenvalue weighted by molar-refractivity contribution is 4.91. The lowest BCUT2D eigenvalue weighted by Crippen LogP contribution is -2.55. The molecule has 0 bridgehead atoms. The van der Waals surface area contributed by atoms with E-state index < -0.39 is 0 Å². The molecule has 0 aromatic carbocycles. The molecule has 2 rings (SSSR count). The Morgan fingerprint density at radius 1 is 1.39 bits per heavy atom. The molecule has 2 heterocycles. The van der Waals surface area contributed by atoms with Crippen molar-refractivity contribution in [3.8, 4) is 0 Å². The molecule has 0 spiro atoms. The fourth-order valence-electron chi connectivity index (χ4n) is 3.44. The second-order valence-electron chi connectivity index (χ2n) is 6.35. The first-order valence-electron chi connectivity index (χ1n) is 7.36.